The van der Waals surface area contributed by atoms with Crippen molar-refractivity contribution < 1.29 is 9.53 Å². The Labute approximate surface area is 179 Å². The molecule has 1 fully saturated rings. The van der Waals surface area contributed by atoms with Crippen molar-refractivity contribution in [1.82, 2.24) is 15.5 Å². The number of carbonyl (C=O) groups is 1. The van der Waals surface area contributed by atoms with Gasteiger partial charge in [0.1, 0.15) is 5.75 Å². The molecule has 0 aliphatic carbocycles. The van der Waals surface area contributed by atoms with Crippen LogP contribution in [0.4, 0.5) is 5.69 Å². The molecule has 0 saturated carbocycles. The molecule has 152 valence electrons. The topological polar surface area (TPSA) is 69.2 Å². The van der Waals surface area contributed by atoms with E-state index in [1.54, 1.807) is 14.2 Å². The average Bonchev–Trinajstić information content (AvgIpc) is 2.70. The molecule has 1 aliphatic heterocycles. The number of nitrogens with zero attached hydrogens (tertiary/aromatic N) is 3. The van der Waals surface area contributed by atoms with Gasteiger partial charge in [0.15, 0.2) is 5.96 Å². The quantitative estimate of drug-likeness (QED) is 0.348. The van der Waals surface area contributed by atoms with Gasteiger partial charge < -0.3 is 25.2 Å². The Morgan fingerprint density at radius 2 is 1.78 bits per heavy atom. The van der Waals surface area contributed by atoms with E-state index in [-0.39, 0.29) is 29.9 Å². The van der Waals surface area contributed by atoms with Crippen molar-refractivity contribution in [2.45, 2.75) is 19.8 Å². The molecule has 27 heavy (non-hydrogen) atoms. The number of carbonyl (C=O) groups excluding carboxylic acids is 1. The van der Waals surface area contributed by atoms with Crippen LogP contribution in [0.5, 0.6) is 5.75 Å². The van der Waals surface area contributed by atoms with E-state index in [2.05, 4.69) is 37.6 Å². The van der Waals surface area contributed by atoms with E-state index in [0.717, 1.165) is 50.9 Å². The molecule has 7 nitrogen and oxygen atoms in total. The fourth-order valence-corrected chi connectivity index (χ4v) is 2.94. The molecule has 2 rings (SSSR count). The molecule has 1 aliphatic rings. The molecule has 1 aromatic carbocycles. The zero-order valence-corrected chi connectivity index (χ0v) is 18.9. The van der Waals surface area contributed by atoms with Crippen molar-refractivity contribution in [3.05, 3.63) is 24.3 Å². The van der Waals surface area contributed by atoms with Crippen LogP contribution in [0.3, 0.4) is 0 Å². The molecular formula is C19H32IN5O2. The highest BCUT2D eigenvalue weighted by Crippen LogP contribution is 2.20. The van der Waals surface area contributed by atoms with Gasteiger partial charge in [0, 0.05) is 58.4 Å². The summed E-state index contributed by atoms with van der Waals surface area (Å²) in [5.74, 6) is 1.82. The maximum atomic E-state index is 11.7. The SMILES string of the molecule is CCCNC(=O)CCNC(=NC)N1CCN(c2ccc(OC)cc2)CC1.I. The number of nitrogens with one attached hydrogen (secondary N) is 2. The van der Waals surface area contributed by atoms with E-state index in [1.165, 1.54) is 5.69 Å². The van der Waals surface area contributed by atoms with E-state index >= 15 is 0 Å². The van der Waals surface area contributed by atoms with Crippen LogP contribution >= 0.6 is 24.0 Å². The number of guanidine groups is 1. The Morgan fingerprint density at radius 1 is 1.11 bits per heavy atom. The van der Waals surface area contributed by atoms with Gasteiger partial charge in [-0.1, -0.05) is 6.92 Å². The Balaban J connectivity index is 0.00000364. The summed E-state index contributed by atoms with van der Waals surface area (Å²) < 4.78 is 5.22. The number of hydrogen-bond donors (Lipinski definition) is 2. The van der Waals surface area contributed by atoms with Crippen LogP contribution in [0.25, 0.3) is 0 Å². The van der Waals surface area contributed by atoms with E-state index in [9.17, 15) is 4.79 Å². The summed E-state index contributed by atoms with van der Waals surface area (Å²) in [5, 5.41) is 6.18. The van der Waals surface area contributed by atoms with Gasteiger partial charge in [-0.05, 0) is 30.7 Å². The third-order valence-electron chi connectivity index (χ3n) is 4.44. The standard InChI is InChI=1S/C19H31N5O2.HI/c1-4-10-21-18(25)9-11-22-19(20-2)24-14-12-23(13-15-24)16-5-7-17(26-3)8-6-16;/h5-8H,4,9-15H2,1-3H3,(H,20,22)(H,21,25);1H. The number of halogens is 1. The highest BCUT2D eigenvalue weighted by atomic mass is 127. The van der Waals surface area contributed by atoms with Crippen molar-refractivity contribution in [1.29, 1.82) is 0 Å². The van der Waals surface area contributed by atoms with Crippen LogP contribution < -0.4 is 20.3 Å². The minimum atomic E-state index is 0. The normalized spacial score (nSPS) is 14.4. The second kappa shape index (κ2) is 12.6. The minimum absolute atomic E-state index is 0. The number of ether oxygens (including phenoxy) is 1. The Bertz CT molecular complexity index is 586. The van der Waals surface area contributed by atoms with Crippen LogP contribution in [0.15, 0.2) is 29.3 Å². The molecular weight excluding hydrogens is 457 g/mol. The van der Waals surface area contributed by atoms with Crippen molar-refractivity contribution in [3.63, 3.8) is 0 Å². The van der Waals surface area contributed by atoms with Gasteiger partial charge in [-0.2, -0.15) is 0 Å². The van der Waals surface area contributed by atoms with Crippen LogP contribution in [0, 0.1) is 0 Å². The van der Waals surface area contributed by atoms with E-state index in [1.807, 2.05) is 19.1 Å². The molecule has 0 aromatic heterocycles. The molecule has 0 unspecified atom stereocenters. The Hall–Kier alpha value is -1.71. The number of anilines is 1. The monoisotopic (exact) mass is 489 g/mol. The zero-order valence-electron chi connectivity index (χ0n) is 16.5. The van der Waals surface area contributed by atoms with E-state index in [4.69, 9.17) is 4.74 Å². The molecule has 0 bridgehead atoms. The van der Waals surface area contributed by atoms with Gasteiger partial charge in [0.2, 0.25) is 5.91 Å². The van der Waals surface area contributed by atoms with Gasteiger partial charge in [-0.15, -0.1) is 24.0 Å². The lowest BCUT2D eigenvalue weighted by atomic mass is 10.2. The lowest BCUT2D eigenvalue weighted by Gasteiger charge is -2.37. The van der Waals surface area contributed by atoms with Crippen molar-refractivity contribution in [2.24, 2.45) is 4.99 Å². The molecule has 1 heterocycles. The molecule has 8 heteroatoms. The Morgan fingerprint density at radius 3 is 2.33 bits per heavy atom. The molecule has 2 N–H and O–H groups in total. The van der Waals surface area contributed by atoms with Gasteiger partial charge in [0.05, 0.1) is 7.11 Å². The predicted octanol–water partition coefficient (Wildman–Crippen LogP) is 1.93. The first-order valence-corrected chi connectivity index (χ1v) is 9.29. The number of hydrogen-bond acceptors (Lipinski definition) is 4. The van der Waals surface area contributed by atoms with Crippen LogP contribution in [-0.2, 0) is 4.79 Å². The molecule has 1 saturated heterocycles. The van der Waals surface area contributed by atoms with Crippen LogP contribution in [-0.4, -0.2) is 70.2 Å². The fraction of sp³-hybridized carbons (Fsp3) is 0.579. The number of methoxy groups -OCH3 is 1. The largest absolute Gasteiger partial charge is 0.497 e. The maximum Gasteiger partial charge on any atom is 0.221 e. The van der Waals surface area contributed by atoms with Crippen LogP contribution in [0.2, 0.25) is 0 Å². The van der Waals surface area contributed by atoms with Crippen molar-refractivity contribution in [3.8, 4) is 5.75 Å². The first-order valence-electron chi connectivity index (χ1n) is 9.29. The first-order chi connectivity index (χ1) is 12.7. The highest BCUT2D eigenvalue weighted by molar-refractivity contribution is 14.0. The number of piperazine rings is 1. The smallest absolute Gasteiger partial charge is 0.221 e. The van der Waals surface area contributed by atoms with Crippen molar-refractivity contribution >= 4 is 41.5 Å². The highest BCUT2D eigenvalue weighted by Gasteiger charge is 2.19. The number of rotatable bonds is 7. The number of aliphatic imine (C=N–C) groups is 1. The lowest BCUT2D eigenvalue weighted by molar-refractivity contribution is -0.120. The molecule has 0 radical (unpaired) electrons. The summed E-state index contributed by atoms with van der Waals surface area (Å²) in [4.78, 5) is 20.6. The average molecular weight is 489 g/mol. The summed E-state index contributed by atoms with van der Waals surface area (Å²) in [6.45, 7) is 7.04. The van der Waals surface area contributed by atoms with Crippen LogP contribution in [0.1, 0.15) is 19.8 Å². The Kier molecular flexibility index (Phi) is 10.9. The molecule has 1 amide bonds. The zero-order chi connectivity index (χ0) is 18.8. The molecule has 0 atom stereocenters. The summed E-state index contributed by atoms with van der Waals surface area (Å²) >= 11 is 0. The van der Waals surface area contributed by atoms with E-state index in [0.29, 0.717) is 13.0 Å². The summed E-state index contributed by atoms with van der Waals surface area (Å²) in [7, 11) is 3.47. The second-order valence-corrected chi connectivity index (χ2v) is 6.25. The third-order valence-corrected chi connectivity index (χ3v) is 4.44. The first kappa shape index (κ1) is 23.3. The third kappa shape index (κ3) is 7.43. The van der Waals surface area contributed by atoms with Gasteiger partial charge in [-0.3, -0.25) is 9.79 Å². The summed E-state index contributed by atoms with van der Waals surface area (Å²) in [6, 6.07) is 8.17. The van der Waals surface area contributed by atoms with Gasteiger partial charge in [-0.25, -0.2) is 0 Å². The maximum absolute atomic E-state index is 11.7. The van der Waals surface area contributed by atoms with Crippen molar-refractivity contribution in [2.75, 3.05) is 58.3 Å². The fourth-order valence-electron chi connectivity index (χ4n) is 2.94. The number of benzene rings is 1. The van der Waals surface area contributed by atoms with E-state index < -0.39 is 0 Å². The summed E-state index contributed by atoms with van der Waals surface area (Å²) in [6.07, 6.45) is 1.42. The predicted molar refractivity (Wildman–Crippen MR) is 121 cm³/mol. The molecule has 1 aromatic rings. The van der Waals surface area contributed by atoms with Gasteiger partial charge in [0.25, 0.3) is 0 Å². The summed E-state index contributed by atoms with van der Waals surface area (Å²) in [5.41, 5.74) is 1.21. The second-order valence-electron chi connectivity index (χ2n) is 6.25. The van der Waals surface area contributed by atoms with Gasteiger partial charge >= 0.3 is 0 Å². The minimum Gasteiger partial charge on any atom is -0.497 e. The molecule has 0 spiro atoms. The lowest BCUT2D eigenvalue weighted by Crippen LogP contribution is -2.52. The number of amides is 1.